The van der Waals surface area contributed by atoms with Gasteiger partial charge >= 0.3 is 0 Å². The van der Waals surface area contributed by atoms with E-state index in [2.05, 4.69) is 26.1 Å². The molecular weight excluding hydrogens is 286 g/mol. The van der Waals surface area contributed by atoms with Crippen molar-refractivity contribution in [2.24, 2.45) is 5.41 Å². The van der Waals surface area contributed by atoms with Gasteiger partial charge in [-0.15, -0.1) is 0 Å². The van der Waals surface area contributed by atoms with Crippen LogP contribution in [0.5, 0.6) is 0 Å². The van der Waals surface area contributed by atoms with Crippen molar-refractivity contribution in [3.63, 3.8) is 0 Å². The zero-order valence-electron chi connectivity index (χ0n) is 13.0. The Morgan fingerprint density at radius 3 is 2.62 bits per heavy atom. The number of rotatable bonds is 4. The van der Waals surface area contributed by atoms with Crippen LogP contribution in [0.3, 0.4) is 0 Å². The first kappa shape index (κ1) is 16.5. The average molecular weight is 311 g/mol. The van der Waals surface area contributed by atoms with E-state index in [0.29, 0.717) is 17.7 Å². The smallest absolute Gasteiger partial charge is 0.178 e. The fraction of sp³-hybridized carbons (Fsp3) is 0.625. The van der Waals surface area contributed by atoms with E-state index in [1.807, 2.05) is 12.1 Å². The molecule has 4 nitrogen and oxygen atoms in total. The summed E-state index contributed by atoms with van der Waals surface area (Å²) in [6, 6.07) is 7.40. The van der Waals surface area contributed by atoms with Gasteiger partial charge in [0.2, 0.25) is 0 Å². The summed E-state index contributed by atoms with van der Waals surface area (Å²) in [6.45, 7) is 6.52. The second-order valence-electron chi connectivity index (χ2n) is 6.80. The molecule has 1 aliphatic heterocycles. The summed E-state index contributed by atoms with van der Waals surface area (Å²) < 4.78 is 24.3. The molecule has 2 atom stereocenters. The number of aliphatic hydroxyl groups is 1. The van der Waals surface area contributed by atoms with Crippen molar-refractivity contribution >= 4 is 9.84 Å². The standard InChI is InChI=1S/C16H25NO3S/c1-16(2,3)15(8-10-18)17-13-9-11-21(19,20)14-7-5-4-6-12(13)14/h4-7,13,15,17-18H,8-11H2,1-3H3. The highest BCUT2D eigenvalue weighted by atomic mass is 32.2. The van der Waals surface area contributed by atoms with Crippen LogP contribution in [0.2, 0.25) is 0 Å². The van der Waals surface area contributed by atoms with Crippen molar-refractivity contribution in [2.75, 3.05) is 12.4 Å². The van der Waals surface area contributed by atoms with E-state index >= 15 is 0 Å². The predicted octanol–water partition coefficient (Wildman–Crippen LogP) is 2.29. The van der Waals surface area contributed by atoms with Crippen LogP contribution in [0, 0.1) is 5.41 Å². The Hall–Kier alpha value is -0.910. The summed E-state index contributed by atoms with van der Waals surface area (Å²) >= 11 is 0. The predicted molar refractivity (Wildman–Crippen MR) is 83.9 cm³/mol. The molecule has 0 radical (unpaired) electrons. The van der Waals surface area contributed by atoms with E-state index in [0.717, 1.165) is 5.56 Å². The molecule has 0 fully saturated rings. The SMILES string of the molecule is CC(C)(C)C(CCO)NC1CCS(=O)(=O)c2ccccc21. The number of hydrogen-bond donors (Lipinski definition) is 2. The van der Waals surface area contributed by atoms with Crippen LogP contribution in [0.1, 0.15) is 45.2 Å². The van der Waals surface area contributed by atoms with Gasteiger partial charge in [-0.2, -0.15) is 0 Å². The highest BCUT2D eigenvalue weighted by Crippen LogP contribution is 2.34. The van der Waals surface area contributed by atoms with Gasteiger partial charge in [0.15, 0.2) is 9.84 Å². The summed E-state index contributed by atoms with van der Waals surface area (Å²) in [5.74, 6) is 0.178. The minimum absolute atomic E-state index is 0.00793. The van der Waals surface area contributed by atoms with Gasteiger partial charge in [-0.05, 0) is 29.9 Å². The van der Waals surface area contributed by atoms with Gasteiger partial charge in [-0.25, -0.2) is 8.42 Å². The molecule has 2 unspecified atom stereocenters. The lowest BCUT2D eigenvalue weighted by Crippen LogP contribution is -2.44. The minimum atomic E-state index is -3.15. The van der Waals surface area contributed by atoms with Crippen LogP contribution >= 0.6 is 0 Å². The first-order valence-electron chi connectivity index (χ1n) is 7.44. The number of nitrogens with one attached hydrogen (secondary N) is 1. The van der Waals surface area contributed by atoms with E-state index in [1.54, 1.807) is 12.1 Å². The maximum absolute atomic E-state index is 12.2. The Labute approximate surface area is 127 Å². The first-order valence-corrected chi connectivity index (χ1v) is 9.09. The largest absolute Gasteiger partial charge is 0.396 e. The molecule has 118 valence electrons. The summed E-state index contributed by atoms with van der Waals surface area (Å²) in [7, 11) is -3.15. The highest BCUT2D eigenvalue weighted by Gasteiger charge is 2.33. The van der Waals surface area contributed by atoms with Gasteiger partial charge in [-0.3, -0.25) is 0 Å². The Kier molecular flexibility index (Phi) is 4.76. The Morgan fingerprint density at radius 1 is 1.33 bits per heavy atom. The Balaban J connectivity index is 2.30. The Morgan fingerprint density at radius 2 is 2.00 bits per heavy atom. The molecule has 1 aliphatic rings. The minimum Gasteiger partial charge on any atom is -0.396 e. The number of aliphatic hydroxyl groups excluding tert-OH is 1. The maximum Gasteiger partial charge on any atom is 0.178 e. The third-order valence-corrected chi connectivity index (χ3v) is 5.99. The second kappa shape index (κ2) is 6.07. The lowest BCUT2D eigenvalue weighted by atomic mass is 9.84. The van der Waals surface area contributed by atoms with Crippen molar-refractivity contribution in [1.82, 2.24) is 5.32 Å². The van der Waals surface area contributed by atoms with Gasteiger partial charge in [0.1, 0.15) is 0 Å². The molecule has 2 rings (SSSR count). The van der Waals surface area contributed by atoms with Gasteiger partial charge in [0.25, 0.3) is 0 Å². The van der Waals surface area contributed by atoms with E-state index in [-0.39, 0.29) is 29.9 Å². The van der Waals surface area contributed by atoms with E-state index in [1.165, 1.54) is 0 Å². The van der Waals surface area contributed by atoms with E-state index in [4.69, 9.17) is 0 Å². The molecule has 0 aromatic heterocycles. The van der Waals surface area contributed by atoms with Gasteiger partial charge < -0.3 is 10.4 Å². The molecule has 0 bridgehead atoms. The molecule has 5 heteroatoms. The normalized spacial score (nSPS) is 22.6. The third-order valence-electron chi connectivity index (χ3n) is 4.17. The molecule has 1 heterocycles. The zero-order chi connectivity index (χ0) is 15.7. The summed E-state index contributed by atoms with van der Waals surface area (Å²) in [4.78, 5) is 0.449. The molecule has 1 aromatic carbocycles. The first-order chi connectivity index (χ1) is 9.75. The van der Waals surface area contributed by atoms with E-state index in [9.17, 15) is 13.5 Å². The van der Waals surface area contributed by atoms with Crippen molar-refractivity contribution in [1.29, 1.82) is 0 Å². The maximum atomic E-state index is 12.2. The summed E-state index contributed by atoms with van der Waals surface area (Å²) in [5.41, 5.74) is 0.865. The average Bonchev–Trinajstić information content (AvgIpc) is 2.40. The number of benzene rings is 1. The third kappa shape index (κ3) is 3.65. The van der Waals surface area contributed by atoms with Crippen molar-refractivity contribution < 1.29 is 13.5 Å². The number of fused-ring (bicyclic) bond motifs is 1. The topological polar surface area (TPSA) is 66.4 Å². The monoisotopic (exact) mass is 311 g/mol. The van der Waals surface area contributed by atoms with Crippen molar-refractivity contribution in [3.05, 3.63) is 29.8 Å². The molecule has 1 aromatic rings. The van der Waals surface area contributed by atoms with Crippen LogP contribution in [0.25, 0.3) is 0 Å². The Bertz CT molecular complexity index is 590. The zero-order valence-corrected chi connectivity index (χ0v) is 13.8. The second-order valence-corrected chi connectivity index (χ2v) is 8.87. The van der Waals surface area contributed by atoms with Gasteiger partial charge in [0.05, 0.1) is 10.6 Å². The summed E-state index contributed by atoms with van der Waals surface area (Å²) in [6.07, 6.45) is 1.24. The molecule has 0 spiro atoms. The molecule has 2 N–H and O–H groups in total. The fourth-order valence-corrected chi connectivity index (χ4v) is 4.52. The lowest BCUT2D eigenvalue weighted by Gasteiger charge is -2.37. The van der Waals surface area contributed by atoms with Crippen molar-refractivity contribution in [2.45, 2.75) is 50.6 Å². The van der Waals surface area contributed by atoms with Crippen LogP contribution in [0.15, 0.2) is 29.2 Å². The van der Waals surface area contributed by atoms with Crippen LogP contribution in [0.4, 0.5) is 0 Å². The van der Waals surface area contributed by atoms with Crippen LogP contribution < -0.4 is 5.32 Å². The molecule has 21 heavy (non-hydrogen) atoms. The number of hydrogen-bond acceptors (Lipinski definition) is 4. The molecular formula is C16H25NO3S. The van der Waals surface area contributed by atoms with Gasteiger partial charge in [0, 0.05) is 18.7 Å². The number of sulfone groups is 1. The molecule has 0 saturated heterocycles. The summed E-state index contributed by atoms with van der Waals surface area (Å²) in [5, 5.41) is 12.8. The molecule has 0 amide bonds. The highest BCUT2D eigenvalue weighted by molar-refractivity contribution is 7.91. The van der Waals surface area contributed by atoms with Crippen molar-refractivity contribution in [3.8, 4) is 0 Å². The molecule has 0 aliphatic carbocycles. The quantitative estimate of drug-likeness (QED) is 0.895. The van der Waals surface area contributed by atoms with Gasteiger partial charge in [-0.1, -0.05) is 39.0 Å². The van der Waals surface area contributed by atoms with Crippen LogP contribution in [-0.2, 0) is 9.84 Å². The lowest BCUT2D eigenvalue weighted by molar-refractivity contribution is 0.183. The van der Waals surface area contributed by atoms with Crippen LogP contribution in [-0.4, -0.2) is 31.9 Å². The molecule has 0 saturated carbocycles. The fourth-order valence-electron chi connectivity index (χ4n) is 2.90. The van der Waals surface area contributed by atoms with E-state index < -0.39 is 9.84 Å².